The number of hydrogen-bond acceptors (Lipinski definition) is 5. The average Bonchev–Trinajstić information content (AvgIpc) is 3.69. The van der Waals surface area contributed by atoms with E-state index in [4.69, 9.17) is 4.74 Å². The van der Waals surface area contributed by atoms with E-state index in [1.165, 1.54) is 24.9 Å². The molecule has 0 bridgehead atoms. The summed E-state index contributed by atoms with van der Waals surface area (Å²) in [5, 5.41) is 10.4. The Morgan fingerprint density at radius 2 is 1.62 bits per heavy atom. The second kappa shape index (κ2) is 8.03. The summed E-state index contributed by atoms with van der Waals surface area (Å²) in [6, 6.07) is 30.9. The Hall–Kier alpha value is -4.46. The van der Waals surface area contributed by atoms with E-state index < -0.39 is 0 Å². The monoisotopic (exact) mass is 514 g/mol. The van der Waals surface area contributed by atoms with Gasteiger partial charge in [-0.3, -0.25) is 4.57 Å². The number of pyridine rings is 1. The molecule has 0 aliphatic heterocycles. The minimum absolute atomic E-state index is 0.762. The van der Waals surface area contributed by atoms with Gasteiger partial charge in [-0.1, -0.05) is 30.3 Å². The van der Waals surface area contributed by atoms with Gasteiger partial charge in [-0.25, -0.2) is 9.67 Å². The number of hydrogen-bond donors (Lipinski definition) is 0. The van der Waals surface area contributed by atoms with E-state index in [2.05, 4.69) is 68.6 Å². The molecule has 0 aliphatic carbocycles. The maximum absolute atomic E-state index is 6.41. The number of aromatic nitrogens is 4. The minimum Gasteiger partial charge on any atom is -0.457 e. The molecule has 0 saturated carbocycles. The van der Waals surface area contributed by atoms with Gasteiger partial charge < -0.3 is 4.74 Å². The van der Waals surface area contributed by atoms with Crippen LogP contribution >= 0.6 is 22.7 Å². The smallest absolute Gasteiger partial charge is 0.137 e. The Kier molecular flexibility index (Phi) is 4.49. The van der Waals surface area contributed by atoms with Crippen LogP contribution in [-0.2, 0) is 0 Å². The van der Waals surface area contributed by atoms with Gasteiger partial charge in [0.1, 0.15) is 17.3 Å². The lowest BCUT2D eigenvalue weighted by atomic mass is 10.1. The van der Waals surface area contributed by atoms with Crippen LogP contribution < -0.4 is 4.74 Å². The maximum Gasteiger partial charge on any atom is 0.137 e. The molecule has 0 radical (unpaired) electrons. The quantitative estimate of drug-likeness (QED) is 0.236. The lowest BCUT2D eigenvalue weighted by Gasteiger charge is -2.10. The maximum atomic E-state index is 6.41. The lowest BCUT2D eigenvalue weighted by molar-refractivity contribution is 0.483. The van der Waals surface area contributed by atoms with Gasteiger partial charge in [-0.15, -0.1) is 22.7 Å². The molecule has 5 heterocycles. The largest absolute Gasteiger partial charge is 0.457 e. The van der Waals surface area contributed by atoms with Gasteiger partial charge in [0, 0.05) is 34.5 Å². The molecule has 5 aromatic heterocycles. The minimum atomic E-state index is 0.762. The SMILES string of the molecule is c1ccc(-n2c3ccccc3c3ccc(Oc4cccc(-n5ncc6sc7sccc7c65)c4)cc32)nc1. The summed E-state index contributed by atoms with van der Waals surface area (Å²) in [6.45, 7) is 0. The van der Waals surface area contributed by atoms with Crippen LogP contribution in [0.4, 0.5) is 0 Å². The highest BCUT2D eigenvalue weighted by atomic mass is 32.2. The van der Waals surface area contributed by atoms with Crippen molar-refractivity contribution < 1.29 is 4.74 Å². The van der Waals surface area contributed by atoms with Gasteiger partial charge in [-0.05, 0) is 53.9 Å². The van der Waals surface area contributed by atoms with Gasteiger partial charge in [0.25, 0.3) is 0 Å². The van der Waals surface area contributed by atoms with Crippen LogP contribution in [0.15, 0.2) is 109 Å². The average molecular weight is 515 g/mol. The highest BCUT2D eigenvalue weighted by Crippen LogP contribution is 2.39. The van der Waals surface area contributed by atoms with E-state index in [9.17, 15) is 0 Å². The fourth-order valence-electron chi connectivity index (χ4n) is 5.06. The first kappa shape index (κ1) is 20.7. The van der Waals surface area contributed by atoms with E-state index in [0.29, 0.717) is 0 Å². The molecule has 0 aliphatic rings. The number of ether oxygens (including phenoxy) is 1. The zero-order valence-electron chi connectivity index (χ0n) is 19.4. The van der Waals surface area contributed by atoms with E-state index in [1.807, 2.05) is 59.5 Å². The van der Waals surface area contributed by atoms with Crippen molar-refractivity contribution in [3.05, 3.63) is 109 Å². The Balaban J connectivity index is 1.23. The third kappa shape index (κ3) is 3.21. The lowest BCUT2D eigenvalue weighted by Crippen LogP contribution is -1.97. The number of rotatable bonds is 4. The Morgan fingerprint density at radius 3 is 2.57 bits per heavy atom. The van der Waals surface area contributed by atoms with E-state index >= 15 is 0 Å². The molecule has 8 aromatic rings. The van der Waals surface area contributed by atoms with Gasteiger partial charge in [0.2, 0.25) is 0 Å². The summed E-state index contributed by atoms with van der Waals surface area (Å²) in [5.41, 5.74) is 4.30. The predicted octanol–water partition coefficient (Wildman–Crippen LogP) is 8.59. The molecule has 0 amide bonds. The number of fused-ring (bicyclic) bond motifs is 6. The van der Waals surface area contributed by atoms with Gasteiger partial charge in [-0.2, -0.15) is 5.10 Å². The first-order chi connectivity index (χ1) is 18.3. The van der Waals surface area contributed by atoms with Crippen LogP contribution in [0.2, 0.25) is 0 Å². The fourth-order valence-corrected chi connectivity index (χ4v) is 7.18. The molecule has 5 nitrogen and oxygen atoms in total. The summed E-state index contributed by atoms with van der Waals surface area (Å²) < 4.78 is 13.1. The standard InChI is InChI=1S/C30H18N4OS2/c1-2-9-25-22(8-1)23-12-11-21(17-26(23)33(25)28-10-3-4-14-31-28)35-20-7-5-6-19(16-20)34-29-24-13-15-36-30(24)37-27(29)18-32-34/h1-18H. The molecule has 0 unspecified atom stereocenters. The molecule has 37 heavy (non-hydrogen) atoms. The normalized spacial score (nSPS) is 11.8. The van der Waals surface area contributed by atoms with Crippen LogP contribution in [0.25, 0.3) is 52.9 Å². The van der Waals surface area contributed by atoms with E-state index in [0.717, 1.165) is 39.6 Å². The number of para-hydroxylation sites is 1. The summed E-state index contributed by atoms with van der Waals surface area (Å²) >= 11 is 3.56. The molecule has 0 saturated heterocycles. The molecular formula is C30H18N4OS2. The summed E-state index contributed by atoms with van der Waals surface area (Å²) in [7, 11) is 0. The second-order valence-electron chi connectivity index (χ2n) is 8.81. The van der Waals surface area contributed by atoms with Crippen molar-refractivity contribution >= 4 is 64.1 Å². The van der Waals surface area contributed by atoms with Gasteiger partial charge in [0.05, 0.1) is 37.1 Å². The van der Waals surface area contributed by atoms with Crippen molar-refractivity contribution in [1.29, 1.82) is 0 Å². The molecule has 0 fully saturated rings. The molecule has 8 rings (SSSR count). The highest BCUT2D eigenvalue weighted by molar-refractivity contribution is 7.41. The number of nitrogens with zero attached hydrogens (tertiary/aromatic N) is 4. The summed E-state index contributed by atoms with van der Waals surface area (Å²) in [6.07, 6.45) is 3.77. The molecule has 176 valence electrons. The van der Waals surface area contributed by atoms with Crippen molar-refractivity contribution in [3.8, 4) is 23.0 Å². The Labute approximate surface area is 219 Å². The highest BCUT2D eigenvalue weighted by Gasteiger charge is 2.15. The second-order valence-corrected chi connectivity index (χ2v) is 11.0. The third-order valence-electron chi connectivity index (χ3n) is 6.64. The molecule has 0 N–H and O–H groups in total. The van der Waals surface area contributed by atoms with Crippen molar-refractivity contribution in [2.24, 2.45) is 0 Å². The first-order valence-electron chi connectivity index (χ1n) is 11.9. The molecule has 3 aromatic carbocycles. The molecule has 0 atom stereocenters. The third-order valence-corrected chi connectivity index (χ3v) is 8.81. The topological polar surface area (TPSA) is 44.9 Å². The van der Waals surface area contributed by atoms with Crippen LogP contribution in [0.5, 0.6) is 11.5 Å². The summed E-state index contributed by atoms with van der Waals surface area (Å²) in [5.74, 6) is 2.41. The molecular weight excluding hydrogens is 496 g/mol. The fraction of sp³-hybridized carbons (Fsp3) is 0. The van der Waals surface area contributed by atoms with Crippen LogP contribution in [0.3, 0.4) is 0 Å². The van der Waals surface area contributed by atoms with Gasteiger partial charge in [0.15, 0.2) is 0 Å². The predicted molar refractivity (Wildman–Crippen MR) is 153 cm³/mol. The van der Waals surface area contributed by atoms with E-state index in [-0.39, 0.29) is 0 Å². The Morgan fingerprint density at radius 1 is 0.730 bits per heavy atom. The zero-order chi connectivity index (χ0) is 24.3. The van der Waals surface area contributed by atoms with Crippen molar-refractivity contribution in [3.63, 3.8) is 0 Å². The number of thiophene rings is 2. The first-order valence-corrected chi connectivity index (χ1v) is 13.6. The van der Waals surface area contributed by atoms with Crippen LogP contribution in [-0.4, -0.2) is 19.3 Å². The van der Waals surface area contributed by atoms with Crippen molar-refractivity contribution in [2.45, 2.75) is 0 Å². The molecule has 0 spiro atoms. The zero-order valence-corrected chi connectivity index (χ0v) is 21.0. The Bertz CT molecular complexity index is 2080. The van der Waals surface area contributed by atoms with Crippen molar-refractivity contribution in [1.82, 2.24) is 19.3 Å². The van der Waals surface area contributed by atoms with Crippen LogP contribution in [0, 0.1) is 0 Å². The molecule has 7 heteroatoms. The van der Waals surface area contributed by atoms with E-state index in [1.54, 1.807) is 22.7 Å². The summed E-state index contributed by atoms with van der Waals surface area (Å²) in [4.78, 5) is 4.63. The van der Waals surface area contributed by atoms with Crippen LogP contribution in [0.1, 0.15) is 0 Å². The number of benzene rings is 3. The van der Waals surface area contributed by atoms with Gasteiger partial charge >= 0.3 is 0 Å². The van der Waals surface area contributed by atoms with Crippen molar-refractivity contribution in [2.75, 3.05) is 0 Å².